The number of fused-ring (bicyclic) bond motifs is 1. The molecule has 2 heterocycles. The van der Waals surface area contributed by atoms with Crippen molar-refractivity contribution in [1.29, 1.82) is 0 Å². The number of thioether (sulfide) groups is 1. The maximum Gasteiger partial charge on any atom is 0.220 e. The Hall–Kier alpha value is -2.51. The third-order valence-corrected chi connectivity index (χ3v) is 6.92. The highest BCUT2D eigenvalue weighted by Gasteiger charge is 2.37. The number of aromatic nitrogens is 2. The minimum atomic E-state index is -0.354. The van der Waals surface area contributed by atoms with Crippen LogP contribution in [0.3, 0.4) is 0 Å². The lowest BCUT2D eigenvalue weighted by Gasteiger charge is -2.29. The second-order valence-electron chi connectivity index (χ2n) is 8.30. The van der Waals surface area contributed by atoms with Crippen LogP contribution in [-0.4, -0.2) is 40.1 Å². The van der Waals surface area contributed by atoms with Gasteiger partial charge < -0.3 is 15.6 Å². The lowest BCUT2D eigenvalue weighted by atomic mass is 9.85. The SMILES string of the molecule is CSc1ccc(CC2(CCC(=O)NCCc3nc4ccc(Cl)cc4[nH]3)CCC(=O)N2)cc1. The van der Waals surface area contributed by atoms with Gasteiger partial charge >= 0.3 is 0 Å². The van der Waals surface area contributed by atoms with E-state index in [9.17, 15) is 9.59 Å². The predicted octanol–water partition coefficient (Wildman–Crippen LogP) is 4.27. The van der Waals surface area contributed by atoms with Gasteiger partial charge in [0.2, 0.25) is 11.8 Å². The molecule has 168 valence electrons. The maximum atomic E-state index is 12.5. The van der Waals surface area contributed by atoms with E-state index in [0.717, 1.165) is 29.7 Å². The van der Waals surface area contributed by atoms with Crippen LogP contribution in [0, 0.1) is 0 Å². The number of halogens is 1. The highest BCUT2D eigenvalue weighted by Crippen LogP contribution is 2.30. The molecular weight excluding hydrogens is 444 g/mol. The standard InChI is InChI=1S/C24H27ClN4O2S/c1-32-18-5-2-16(3-6-18)15-24(12-9-23(31)29-24)11-8-22(30)26-13-10-21-27-19-7-4-17(25)14-20(19)28-21/h2-7,14H,8-13,15H2,1H3,(H,26,30)(H,27,28)(H,29,31). The number of nitrogens with zero attached hydrogens (tertiary/aromatic N) is 1. The molecule has 3 N–H and O–H groups in total. The van der Waals surface area contributed by atoms with E-state index in [4.69, 9.17) is 11.6 Å². The lowest BCUT2D eigenvalue weighted by Crippen LogP contribution is -2.44. The number of benzene rings is 2. The van der Waals surface area contributed by atoms with Crippen LogP contribution in [0.2, 0.25) is 5.02 Å². The lowest BCUT2D eigenvalue weighted by molar-refractivity contribution is -0.122. The van der Waals surface area contributed by atoms with Crippen molar-refractivity contribution >= 4 is 46.2 Å². The molecule has 0 spiro atoms. The van der Waals surface area contributed by atoms with Crippen molar-refractivity contribution in [1.82, 2.24) is 20.6 Å². The molecule has 1 unspecified atom stereocenters. The fourth-order valence-corrected chi connectivity index (χ4v) is 4.81. The van der Waals surface area contributed by atoms with Crippen LogP contribution in [0.5, 0.6) is 0 Å². The number of hydrogen-bond acceptors (Lipinski definition) is 4. The van der Waals surface area contributed by atoms with Crippen LogP contribution in [0.1, 0.15) is 37.1 Å². The number of carbonyl (C=O) groups is 2. The van der Waals surface area contributed by atoms with Gasteiger partial charge in [-0.25, -0.2) is 4.98 Å². The first-order valence-electron chi connectivity index (χ1n) is 10.8. The summed E-state index contributed by atoms with van der Waals surface area (Å²) < 4.78 is 0. The molecule has 32 heavy (non-hydrogen) atoms. The largest absolute Gasteiger partial charge is 0.356 e. The van der Waals surface area contributed by atoms with Crippen LogP contribution < -0.4 is 10.6 Å². The van der Waals surface area contributed by atoms with Gasteiger partial charge in [-0.05, 0) is 61.4 Å². The molecule has 1 fully saturated rings. The zero-order valence-corrected chi connectivity index (χ0v) is 19.6. The Labute approximate surface area is 196 Å². The van der Waals surface area contributed by atoms with Crippen molar-refractivity contribution in [3.63, 3.8) is 0 Å². The highest BCUT2D eigenvalue weighted by molar-refractivity contribution is 7.98. The summed E-state index contributed by atoms with van der Waals surface area (Å²) in [5, 5.41) is 6.79. The molecule has 8 heteroatoms. The molecule has 1 aliphatic rings. The van der Waals surface area contributed by atoms with Crippen molar-refractivity contribution in [3.05, 3.63) is 58.9 Å². The molecule has 6 nitrogen and oxygen atoms in total. The van der Waals surface area contributed by atoms with Crippen molar-refractivity contribution in [2.24, 2.45) is 0 Å². The van der Waals surface area contributed by atoms with E-state index in [1.54, 1.807) is 11.8 Å². The number of carbonyl (C=O) groups excluding carboxylic acids is 2. The summed E-state index contributed by atoms with van der Waals surface area (Å²) in [6.45, 7) is 0.502. The topological polar surface area (TPSA) is 86.9 Å². The number of aromatic amines is 1. The monoisotopic (exact) mass is 470 g/mol. The summed E-state index contributed by atoms with van der Waals surface area (Å²) in [6.07, 6.45) is 5.67. The van der Waals surface area contributed by atoms with E-state index in [-0.39, 0.29) is 17.4 Å². The van der Waals surface area contributed by atoms with Gasteiger partial charge in [-0.1, -0.05) is 23.7 Å². The molecule has 0 bridgehead atoms. The molecule has 0 radical (unpaired) electrons. The van der Waals surface area contributed by atoms with Gasteiger partial charge in [0.15, 0.2) is 0 Å². The number of amides is 2. The number of imidazole rings is 1. The van der Waals surface area contributed by atoms with E-state index in [2.05, 4.69) is 51.1 Å². The van der Waals surface area contributed by atoms with Crippen molar-refractivity contribution in [2.45, 2.75) is 49.0 Å². The summed E-state index contributed by atoms with van der Waals surface area (Å²) in [5.41, 5.74) is 2.58. The fourth-order valence-electron chi connectivity index (χ4n) is 4.23. The first-order chi connectivity index (χ1) is 15.4. The Kier molecular flexibility index (Phi) is 7.06. The van der Waals surface area contributed by atoms with E-state index in [0.29, 0.717) is 37.3 Å². The Bertz CT molecular complexity index is 1110. The van der Waals surface area contributed by atoms with Gasteiger partial charge in [0.25, 0.3) is 0 Å². The average Bonchev–Trinajstić information content (AvgIpc) is 3.35. The molecule has 2 aromatic carbocycles. The molecular formula is C24H27ClN4O2S. The quantitative estimate of drug-likeness (QED) is 0.407. The Morgan fingerprint density at radius 3 is 2.78 bits per heavy atom. The molecule has 1 atom stereocenters. The zero-order valence-electron chi connectivity index (χ0n) is 18.0. The number of hydrogen-bond donors (Lipinski definition) is 3. The Morgan fingerprint density at radius 1 is 1.25 bits per heavy atom. The molecule has 3 aromatic rings. The number of rotatable bonds is 9. The summed E-state index contributed by atoms with van der Waals surface area (Å²) in [5.74, 6) is 0.870. The minimum absolute atomic E-state index is 0.0117. The first-order valence-corrected chi connectivity index (χ1v) is 12.4. The zero-order chi connectivity index (χ0) is 22.6. The van der Waals surface area contributed by atoms with Gasteiger partial charge in [-0.3, -0.25) is 9.59 Å². The van der Waals surface area contributed by atoms with E-state index in [1.807, 2.05) is 18.2 Å². The maximum absolute atomic E-state index is 12.5. The second kappa shape index (κ2) is 9.96. The smallest absolute Gasteiger partial charge is 0.220 e. The van der Waals surface area contributed by atoms with Gasteiger partial charge in [-0.15, -0.1) is 11.8 Å². The molecule has 1 aliphatic heterocycles. The van der Waals surface area contributed by atoms with Crippen molar-refractivity contribution in [2.75, 3.05) is 12.8 Å². The molecule has 2 amide bonds. The van der Waals surface area contributed by atoms with Crippen LogP contribution in [0.25, 0.3) is 11.0 Å². The van der Waals surface area contributed by atoms with Crippen molar-refractivity contribution < 1.29 is 9.59 Å². The molecule has 0 saturated carbocycles. The number of nitrogens with one attached hydrogen (secondary N) is 3. The highest BCUT2D eigenvalue weighted by atomic mass is 35.5. The minimum Gasteiger partial charge on any atom is -0.356 e. The van der Waals surface area contributed by atoms with E-state index >= 15 is 0 Å². The van der Waals surface area contributed by atoms with Crippen LogP contribution in [0.15, 0.2) is 47.4 Å². The Morgan fingerprint density at radius 2 is 2.06 bits per heavy atom. The summed E-state index contributed by atoms with van der Waals surface area (Å²) >= 11 is 7.72. The van der Waals surface area contributed by atoms with E-state index in [1.165, 1.54) is 10.5 Å². The third-order valence-electron chi connectivity index (χ3n) is 5.94. The number of H-pyrrole nitrogens is 1. The first kappa shape index (κ1) is 22.7. The predicted molar refractivity (Wildman–Crippen MR) is 129 cm³/mol. The molecule has 1 saturated heterocycles. The molecule has 1 aromatic heterocycles. The van der Waals surface area contributed by atoms with Crippen molar-refractivity contribution in [3.8, 4) is 0 Å². The van der Waals surface area contributed by atoms with Crippen LogP contribution >= 0.6 is 23.4 Å². The van der Waals surface area contributed by atoms with E-state index < -0.39 is 0 Å². The fraction of sp³-hybridized carbons (Fsp3) is 0.375. The van der Waals surface area contributed by atoms with Crippen LogP contribution in [0.4, 0.5) is 0 Å². The van der Waals surface area contributed by atoms with Crippen LogP contribution in [-0.2, 0) is 22.4 Å². The van der Waals surface area contributed by atoms with Gasteiger partial charge in [0.1, 0.15) is 5.82 Å². The second-order valence-corrected chi connectivity index (χ2v) is 9.61. The molecule has 0 aliphatic carbocycles. The van der Waals surface area contributed by atoms with Gasteiger partial charge in [0.05, 0.1) is 11.0 Å². The average molecular weight is 471 g/mol. The third kappa shape index (κ3) is 5.64. The van der Waals surface area contributed by atoms with Gasteiger partial charge in [-0.2, -0.15) is 0 Å². The Balaban J connectivity index is 1.29. The summed E-state index contributed by atoms with van der Waals surface area (Å²) in [7, 11) is 0. The molecule has 4 rings (SSSR count). The summed E-state index contributed by atoms with van der Waals surface area (Å²) in [4.78, 5) is 33.5. The normalized spacial score (nSPS) is 18.1. The van der Waals surface area contributed by atoms with Gasteiger partial charge in [0, 0.05) is 41.3 Å². The summed E-state index contributed by atoms with van der Waals surface area (Å²) in [6, 6.07) is 13.9.